The maximum atomic E-state index is 13.6. The topological polar surface area (TPSA) is 95.9 Å². The van der Waals surface area contributed by atoms with Gasteiger partial charge in [0, 0.05) is 43.7 Å². The fourth-order valence-corrected chi connectivity index (χ4v) is 4.17. The number of rotatable bonds is 6. The second-order valence-corrected chi connectivity index (χ2v) is 8.99. The first-order valence-electron chi connectivity index (χ1n) is 11.7. The molecule has 0 fully saturated rings. The first kappa shape index (κ1) is 24.3. The number of aliphatic hydroxyl groups excluding tert-OH is 1. The second-order valence-electron chi connectivity index (χ2n) is 8.99. The van der Waals surface area contributed by atoms with E-state index in [1.807, 2.05) is 44.2 Å². The lowest BCUT2D eigenvalue weighted by Crippen LogP contribution is -2.50. The van der Waals surface area contributed by atoms with Gasteiger partial charge in [-0.3, -0.25) is 14.6 Å². The fraction of sp³-hybridized carbons (Fsp3) is 0.333. The molecule has 35 heavy (non-hydrogen) atoms. The van der Waals surface area contributed by atoms with Crippen LogP contribution in [0.2, 0.25) is 0 Å². The summed E-state index contributed by atoms with van der Waals surface area (Å²) in [4.78, 5) is 38.3. The molecule has 0 radical (unpaired) electrons. The lowest BCUT2D eigenvalue weighted by atomic mass is 9.99. The Morgan fingerprint density at radius 1 is 1.20 bits per heavy atom. The first-order valence-corrected chi connectivity index (χ1v) is 11.7. The van der Waals surface area contributed by atoms with Crippen LogP contribution in [0.15, 0.2) is 67.1 Å². The SMILES string of the molecule is C[C@H](CO)N1C[C@H](C)[C@@H](CN(C)C(=O)c2cccnc2)Oc2ncc(-c3ccccc3)cc2C1=O. The lowest BCUT2D eigenvalue weighted by molar-refractivity contribution is 0.0313. The van der Waals surface area contributed by atoms with E-state index in [0.29, 0.717) is 24.2 Å². The third-order valence-electron chi connectivity index (χ3n) is 6.34. The zero-order chi connectivity index (χ0) is 24.9. The van der Waals surface area contributed by atoms with Gasteiger partial charge in [0.1, 0.15) is 11.7 Å². The molecule has 0 saturated heterocycles. The van der Waals surface area contributed by atoms with Crippen LogP contribution in [0.1, 0.15) is 34.6 Å². The summed E-state index contributed by atoms with van der Waals surface area (Å²) in [5.74, 6) is -0.304. The number of carbonyl (C=O) groups is 2. The van der Waals surface area contributed by atoms with Crippen LogP contribution in [-0.4, -0.2) is 75.6 Å². The number of amides is 2. The van der Waals surface area contributed by atoms with Crippen molar-refractivity contribution >= 4 is 11.8 Å². The molecular formula is C27H30N4O4. The maximum Gasteiger partial charge on any atom is 0.259 e. The number of hydrogen-bond acceptors (Lipinski definition) is 6. The number of ether oxygens (including phenoxy) is 1. The third kappa shape index (κ3) is 5.33. The first-order chi connectivity index (χ1) is 16.9. The zero-order valence-electron chi connectivity index (χ0n) is 20.2. The van der Waals surface area contributed by atoms with E-state index >= 15 is 0 Å². The van der Waals surface area contributed by atoms with Gasteiger partial charge in [0.15, 0.2) is 0 Å². The van der Waals surface area contributed by atoms with Crippen molar-refractivity contribution in [3.05, 3.63) is 78.2 Å². The molecule has 0 bridgehead atoms. The Hall–Kier alpha value is -3.78. The normalized spacial score (nSPS) is 18.6. The summed E-state index contributed by atoms with van der Waals surface area (Å²) in [6.07, 6.45) is 4.43. The van der Waals surface area contributed by atoms with Crippen molar-refractivity contribution in [1.82, 2.24) is 19.8 Å². The van der Waals surface area contributed by atoms with Crippen LogP contribution in [0.4, 0.5) is 0 Å². The van der Waals surface area contributed by atoms with Gasteiger partial charge >= 0.3 is 0 Å². The van der Waals surface area contributed by atoms with Gasteiger partial charge in [-0.25, -0.2) is 4.98 Å². The molecular weight excluding hydrogens is 444 g/mol. The second kappa shape index (κ2) is 10.7. The van der Waals surface area contributed by atoms with Crippen molar-refractivity contribution in [2.45, 2.75) is 26.0 Å². The van der Waals surface area contributed by atoms with Crippen molar-refractivity contribution in [3.63, 3.8) is 0 Å². The number of aromatic nitrogens is 2. The van der Waals surface area contributed by atoms with Gasteiger partial charge in [0.2, 0.25) is 5.88 Å². The number of pyridine rings is 2. The van der Waals surface area contributed by atoms with Crippen molar-refractivity contribution in [3.8, 4) is 17.0 Å². The molecule has 3 aromatic rings. The lowest BCUT2D eigenvalue weighted by Gasteiger charge is -2.37. The van der Waals surface area contributed by atoms with Crippen LogP contribution < -0.4 is 4.74 Å². The summed E-state index contributed by atoms with van der Waals surface area (Å²) >= 11 is 0. The Morgan fingerprint density at radius 2 is 1.97 bits per heavy atom. The Morgan fingerprint density at radius 3 is 2.66 bits per heavy atom. The number of aliphatic hydroxyl groups is 1. The van der Waals surface area contributed by atoms with Crippen LogP contribution >= 0.6 is 0 Å². The number of benzene rings is 1. The van der Waals surface area contributed by atoms with E-state index in [2.05, 4.69) is 9.97 Å². The average molecular weight is 475 g/mol. The Labute approximate surface area is 205 Å². The molecule has 3 heterocycles. The minimum Gasteiger partial charge on any atom is -0.472 e. The van der Waals surface area contributed by atoms with Crippen molar-refractivity contribution < 1.29 is 19.4 Å². The zero-order valence-corrected chi connectivity index (χ0v) is 20.2. The van der Waals surface area contributed by atoms with Crippen LogP contribution in [0.3, 0.4) is 0 Å². The molecule has 4 rings (SSSR count). The molecule has 0 spiro atoms. The van der Waals surface area contributed by atoms with Crippen LogP contribution in [-0.2, 0) is 0 Å². The third-order valence-corrected chi connectivity index (χ3v) is 6.34. The predicted octanol–water partition coefficient (Wildman–Crippen LogP) is 3.14. The molecule has 1 N–H and O–H groups in total. The minimum absolute atomic E-state index is 0.124. The van der Waals surface area contributed by atoms with Crippen LogP contribution in [0, 0.1) is 5.92 Å². The Bertz CT molecular complexity index is 1170. The number of carbonyl (C=O) groups excluding carboxylic acids is 2. The Balaban J connectivity index is 1.68. The summed E-state index contributed by atoms with van der Waals surface area (Å²) in [6.45, 7) is 4.29. The van der Waals surface area contributed by atoms with Gasteiger partial charge in [0.25, 0.3) is 11.8 Å². The molecule has 1 aliphatic heterocycles. The number of nitrogens with zero attached hydrogens (tertiary/aromatic N) is 4. The number of fused-ring (bicyclic) bond motifs is 1. The highest BCUT2D eigenvalue weighted by molar-refractivity contribution is 5.98. The highest BCUT2D eigenvalue weighted by atomic mass is 16.5. The van der Waals surface area contributed by atoms with Gasteiger partial charge in [-0.1, -0.05) is 37.3 Å². The summed E-state index contributed by atoms with van der Waals surface area (Å²) < 4.78 is 6.30. The largest absolute Gasteiger partial charge is 0.472 e. The van der Waals surface area contributed by atoms with Gasteiger partial charge in [-0.15, -0.1) is 0 Å². The summed E-state index contributed by atoms with van der Waals surface area (Å²) in [7, 11) is 1.72. The van der Waals surface area contributed by atoms with E-state index in [0.717, 1.165) is 11.1 Å². The standard InChI is InChI=1S/C27H30N4O4/c1-18-15-31(19(2)17-32)27(34)23-12-22(20-8-5-4-6-9-20)14-29-25(23)35-24(18)16-30(3)26(33)21-10-7-11-28-13-21/h4-14,18-19,24,32H,15-17H2,1-3H3/t18-,19+,24+/m0/s1. The molecule has 2 aromatic heterocycles. The molecule has 1 aromatic carbocycles. The quantitative estimate of drug-likeness (QED) is 0.590. The highest BCUT2D eigenvalue weighted by Crippen LogP contribution is 2.30. The molecule has 182 valence electrons. The maximum absolute atomic E-state index is 13.6. The van der Waals surface area contributed by atoms with E-state index in [1.54, 1.807) is 47.4 Å². The Kier molecular flexibility index (Phi) is 7.41. The molecule has 8 nitrogen and oxygen atoms in total. The van der Waals surface area contributed by atoms with E-state index in [1.165, 1.54) is 6.20 Å². The van der Waals surface area contributed by atoms with Crippen molar-refractivity contribution in [1.29, 1.82) is 0 Å². The van der Waals surface area contributed by atoms with Gasteiger partial charge in [-0.05, 0) is 30.7 Å². The fourth-order valence-electron chi connectivity index (χ4n) is 4.17. The van der Waals surface area contributed by atoms with Crippen LogP contribution in [0.5, 0.6) is 5.88 Å². The summed E-state index contributed by atoms with van der Waals surface area (Å²) in [5, 5.41) is 9.84. The van der Waals surface area contributed by atoms with E-state index in [9.17, 15) is 14.7 Å². The summed E-state index contributed by atoms with van der Waals surface area (Å²) in [6, 6.07) is 14.5. The number of hydrogen-bond donors (Lipinski definition) is 1. The van der Waals surface area contributed by atoms with E-state index in [4.69, 9.17) is 4.74 Å². The van der Waals surface area contributed by atoms with E-state index < -0.39 is 6.10 Å². The molecule has 0 aliphatic carbocycles. The van der Waals surface area contributed by atoms with Gasteiger partial charge in [0.05, 0.1) is 24.8 Å². The van der Waals surface area contributed by atoms with Gasteiger partial charge < -0.3 is 19.6 Å². The molecule has 2 amide bonds. The number of likely N-dealkylation sites (N-methyl/N-ethyl adjacent to an activating group) is 1. The minimum atomic E-state index is -0.420. The predicted molar refractivity (Wildman–Crippen MR) is 132 cm³/mol. The van der Waals surface area contributed by atoms with Crippen molar-refractivity contribution in [2.75, 3.05) is 26.7 Å². The molecule has 8 heteroatoms. The van der Waals surface area contributed by atoms with Crippen molar-refractivity contribution in [2.24, 2.45) is 5.92 Å². The smallest absolute Gasteiger partial charge is 0.259 e. The van der Waals surface area contributed by atoms with E-state index in [-0.39, 0.29) is 36.3 Å². The van der Waals surface area contributed by atoms with Gasteiger partial charge in [-0.2, -0.15) is 0 Å². The molecule has 1 aliphatic rings. The molecule has 0 unspecified atom stereocenters. The average Bonchev–Trinajstić information content (AvgIpc) is 2.90. The highest BCUT2D eigenvalue weighted by Gasteiger charge is 2.35. The molecule has 0 saturated carbocycles. The summed E-state index contributed by atoms with van der Waals surface area (Å²) in [5.41, 5.74) is 2.56. The molecule has 3 atom stereocenters. The monoisotopic (exact) mass is 474 g/mol. The van der Waals surface area contributed by atoms with Crippen LogP contribution in [0.25, 0.3) is 11.1 Å².